The number of amides is 1. The molecule has 1 amide bonds. The van der Waals surface area contributed by atoms with E-state index in [0.29, 0.717) is 44.0 Å². The highest BCUT2D eigenvalue weighted by Crippen LogP contribution is 2.33. The van der Waals surface area contributed by atoms with Gasteiger partial charge in [-0.15, -0.1) is 0 Å². The molecule has 0 bridgehead atoms. The van der Waals surface area contributed by atoms with Gasteiger partial charge in [-0.25, -0.2) is 0 Å². The fourth-order valence-electron chi connectivity index (χ4n) is 3.35. The van der Waals surface area contributed by atoms with Gasteiger partial charge in [-0.3, -0.25) is 24.0 Å². The van der Waals surface area contributed by atoms with Crippen LogP contribution in [0.5, 0.6) is 5.75 Å². The zero-order chi connectivity index (χ0) is 21.0. The maximum absolute atomic E-state index is 12.4. The van der Waals surface area contributed by atoms with Gasteiger partial charge in [-0.2, -0.15) is 5.10 Å². The first-order chi connectivity index (χ1) is 13.9. The van der Waals surface area contributed by atoms with Crippen LogP contribution >= 0.6 is 0 Å². The zero-order valence-corrected chi connectivity index (χ0v) is 16.4. The normalized spacial score (nSPS) is 15.9. The van der Waals surface area contributed by atoms with Crippen LogP contribution in [0.25, 0.3) is 0 Å². The molecule has 156 valence electrons. The number of methoxy groups -OCH3 is 1. The third-order valence-electron chi connectivity index (χ3n) is 4.98. The van der Waals surface area contributed by atoms with Gasteiger partial charge in [0.2, 0.25) is 17.6 Å². The average molecular weight is 404 g/mol. The van der Waals surface area contributed by atoms with Gasteiger partial charge in [0.05, 0.1) is 32.2 Å². The Bertz CT molecular complexity index is 929. The standard InChI is InChI=1S/C19H24N4O6/c1-21-10-13(9-20-21)15(8-17(26)28-2)19-18(27)16(25)7-14(29-19)11-22-3-5-23(12-24)6-4-22/h7,9-10,12,15,27H,3-6,8,11H2,1-2H3/t15-/m1/s1. The van der Waals surface area contributed by atoms with E-state index < -0.39 is 23.1 Å². The Kier molecular flexibility index (Phi) is 6.32. The van der Waals surface area contributed by atoms with E-state index in [4.69, 9.17) is 9.15 Å². The lowest BCUT2D eigenvalue weighted by atomic mass is 9.94. The molecule has 1 fully saturated rings. The maximum atomic E-state index is 12.4. The number of piperazine rings is 1. The molecule has 1 aliphatic heterocycles. The van der Waals surface area contributed by atoms with Crippen molar-refractivity contribution in [2.45, 2.75) is 18.9 Å². The third kappa shape index (κ3) is 4.83. The number of rotatable bonds is 7. The first kappa shape index (κ1) is 20.6. The monoisotopic (exact) mass is 404 g/mol. The Morgan fingerprint density at radius 1 is 1.38 bits per heavy atom. The predicted molar refractivity (Wildman–Crippen MR) is 101 cm³/mol. The number of hydrogen-bond donors (Lipinski definition) is 1. The number of aromatic nitrogens is 2. The van der Waals surface area contributed by atoms with Gasteiger partial charge in [0.15, 0.2) is 5.76 Å². The Labute approximate surface area is 167 Å². The van der Waals surface area contributed by atoms with Gasteiger partial charge in [0, 0.05) is 51.1 Å². The molecule has 10 nitrogen and oxygen atoms in total. The molecule has 0 saturated carbocycles. The smallest absolute Gasteiger partial charge is 0.306 e. The summed E-state index contributed by atoms with van der Waals surface area (Å²) in [5.41, 5.74) is 0.0413. The first-order valence-electron chi connectivity index (χ1n) is 9.24. The average Bonchev–Trinajstić information content (AvgIpc) is 3.15. The minimum absolute atomic E-state index is 0.0115. The minimum Gasteiger partial charge on any atom is -0.502 e. The summed E-state index contributed by atoms with van der Waals surface area (Å²) in [6.45, 7) is 2.84. The van der Waals surface area contributed by atoms with Gasteiger partial charge >= 0.3 is 5.97 Å². The minimum atomic E-state index is -0.712. The van der Waals surface area contributed by atoms with Crippen LogP contribution in [0.3, 0.4) is 0 Å². The van der Waals surface area contributed by atoms with Crippen LogP contribution in [0, 0.1) is 0 Å². The van der Waals surface area contributed by atoms with Crippen molar-refractivity contribution in [1.29, 1.82) is 0 Å². The van der Waals surface area contributed by atoms with E-state index >= 15 is 0 Å². The van der Waals surface area contributed by atoms with Crippen LogP contribution in [-0.2, 0) is 27.9 Å². The Balaban J connectivity index is 1.90. The zero-order valence-electron chi connectivity index (χ0n) is 16.4. The number of carbonyl (C=O) groups is 2. The number of aryl methyl sites for hydroxylation is 1. The summed E-state index contributed by atoms with van der Waals surface area (Å²) in [5.74, 6) is -1.36. The van der Waals surface area contributed by atoms with E-state index in [1.165, 1.54) is 13.2 Å². The van der Waals surface area contributed by atoms with Crippen LogP contribution in [0.2, 0.25) is 0 Å². The van der Waals surface area contributed by atoms with E-state index in [-0.39, 0.29) is 12.2 Å². The van der Waals surface area contributed by atoms with Crippen LogP contribution in [0.4, 0.5) is 0 Å². The lowest BCUT2D eigenvalue weighted by Crippen LogP contribution is -2.45. The number of aromatic hydroxyl groups is 1. The quantitative estimate of drug-likeness (QED) is 0.508. The van der Waals surface area contributed by atoms with Gasteiger partial charge in [0.25, 0.3) is 0 Å². The molecule has 3 heterocycles. The summed E-state index contributed by atoms with van der Waals surface area (Å²) < 4.78 is 12.2. The molecule has 1 saturated heterocycles. The molecule has 1 N–H and O–H groups in total. The molecule has 2 aromatic heterocycles. The van der Waals surface area contributed by atoms with Crippen molar-refractivity contribution >= 4 is 12.4 Å². The van der Waals surface area contributed by atoms with Gasteiger partial charge in [-0.05, 0) is 0 Å². The summed E-state index contributed by atoms with van der Waals surface area (Å²) in [4.78, 5) is 38.9. The van der Waals surface area contributed by atoms with Crippen LogP contribution in [0.1, 0.15) is 29.4 Å². The molecule has 0 unspecified atom stereocenters. The summed E-state index contributed by atoms with van der Waals surface area (Å²) in [6, 6.07) is 1.25. The number of nitrogens with zero attached hydrogens (tertiary/aromatic N) is 4. The first-order valence-corrected chi connectivity index (χ1v) is 9.24. The van der Waals surface area contributed by atoms with E-state index in [1.54, 1.807) is 29.0 Å². The molecule has 10 heteroatoms. The third-order valence-corrected chi connectivity index (χ3v) is 4.98. The number of carbonyl (C=O) groups excluding carboxylic acids is 2. The van der Waals surface area contributed by atoms with Crippen LogP contribution in [-0.4, -0.2) is 70.4 Å². The molecule has 0 aliphatic carbocycles. The number of hydrogen-bond acceptors (Lipinski definition) is 8. The molecule has 29 heavy (non-hydrogen) atoms. The molecule has 3 rings (SSSR count). The van der Waals surface area contributed by atoms with Crippen molar-refractivity contribution in [2.75, 3.05) is 33.3 Å². The summed E-state index contributed by atoms with van der Waals surface area (Å²) >= 11 is 0. The lowest BCUT2D eigenvalue weighted by Gasteiger charge is -2.32. The maximum Gasteiger partial charge on any atom is 0.306 e. The number of ether oxygens (including phenoxy) is 1. The molecule has 1 aliphatic rings. The largest absolute Gasteiger partial charge is 0.502 e. The fraction of sp³-hybridized carbons (Fsp3) is 0.474. The molecular formula is C19H24N4O6. The van der Waals surface area contributed by atoms with Crippen molar-refractivity contribution in [2.24, 2.45) is 7.05 Å². The highest BCUT2D eigenvalue weighted by molar-refractivity contribution is 5.71. The summed E-state index contributed by atoms with van der Waals surface area (Å²) in [7, 11) is 3.00. The molecule has 0 radical (unpaired) electrons. The summed E-state index contributed by atoms with van der Waals surface area (Å²) in [5, 5.41) is 14.5. The SMILES string of the molecule is COC(=O)C[C@H](c1cnn(C)c1)c1oc(CN2CCN(C=O)CC2)cc(=O)c1O. The van der Waals surface area contributed by atoms with E-state index in [1.807, 2.05) is 0 Å². The lowest BCUT2D eigenvalue weighted by molar-refractivity contribution is -0.141. The highest BCUT2D eigenvalue weighted by Gasteiger charge is 2.28. The second-order valence-corrected chi connectivity index (χ2v) is 6.99. The molecular weight excluding hydrogens is 380 g/mol. The Morgan fingerprint density at radius 3 is 2.69 bits per heavy atom. The summed E-state index contributed by atoms with van der Waals surface area (Å²) in [6.07, 6.45) is 3.96. The van der Waals surface area contributed by atoms with E-state index in [9.17, 15) is 19.5 Å². The fourth-order valence-corrected chi connectivity index (χ4v) is 3.35. The van der Waals surface area contributed by atoms with Crippen molar-refractivity contribution < 1.29 is 23.8 Å². The van der Waals surface area contributed by atoms with Gasteiger partial charge in [-0.1, -0.05) is 0 Å². The second-order valence-electron chi connectivity index (χ2n) is 6.99. The van der Waals surface area contributed by atoms with E-state index in [2.05, 4.69) is 10.00 Å². The molecule has 0 aromatic carbocycles. The van der Waals surface area contributed by atoms with Crippen molar-refractivity contribution in [3.63, 3.8) is 0 Å². The Morgan fingerprint density at radius 2 is 2.10 bits per heavy atom. The van der Waals surface area contributed by atoms with Gasteiger partial charge in [0.1, 0.15) is 5.76 Å². The second kappa shape index (κ2) is 8.91. The van der Waals surface area contributed by atoms with Gasteiger partial charge < -0.3 is 19.2 Å². The molecule has 2 aromatic rings. The van der Waals surface area contributed by atoms with Crippen LogP contribution < -0.4 is 5.43 Å². The topological polar surface area (TPSA) is 118 Å². The number of esters is 1. The van der Waals surface area contributed by atoms with Crippen LogP contribution in [0.15, 0.2) is 27.7 Å². The molecule has 1 atom stereocenters. The van der Waals surface area contributed by atoms with Crippen molar-refractivity contribution in [1.82, 2.24) is 19.6 Å². The van der Waals surface area contributed by atoms with Crippen molar-refractivity contribution in [3.8, 4) is 5.75 Å². The molecule has 0 spiro atoms. The predicted octanol–water partition coefficient (Wildman–Crippen LogP) is 0.0479. The van der Waals surface area contributed by atoms with E-state index in [0.717, 1.165) is 6.41 Å². The highest BCUT2D eigenvalue weighted by atomic mass is 16.5. The Hall–Kier alpha value is -3.14. The van der Waals surface area contributed by atoms with Crippen molar-refractivity contribution in [3.05, 3.63) is 45.8 Å².